The summed E-state index contributed by atoms with van der Waals surface area (Å²) >= 11 is 1.12. The molecular weight excluding hydrogens is 210 g/mol. The number of phenols is 1. The van der Waals surface area contributed by atoms with E-state index in [2.05, 4.69) is 0 Å². The van der Waals surface area contributed by atoms with E-state index in [1.807, 2.05) is 12.1 Å². The average Bonchev–Trinajstić information content (AvgIpc) is 1.77. The van der Waals surface area contributed by atoms with Crippen LogP contribution in [-0.4, -0.2) is 28.1 Å². The number of phenolic OH excluding ortho intramolecular Hbond substituents is 1. The Labute approximate surface area is 61.8 Å². The second kappa shape index (κ2) is 2.41. The minimum atomic E-state index is 0.350. The van der Waals surface area contributed by atoms with Crippen LogP contribution >= 0.6 is 0 Å². The molecule has 0 saturated carbocycles. The predicted molar refractivity (Wildman–Crippen MR) is 36.3 cm³/mol. The van der Waals surface area contributed by atoms with Crippen molar-refractivity contribution >= 4 is 26.5 Å². The molecule has 0 amide bonds. The Morgan fingerprint density at radius 3 is 2.00 bits per heavy atom. The summed E-state index contributed by atoms with van der Waals surface area (Å²) in [6, 6.07) is 7.27. The number of benzene rings is 1. The number of rotatable bonds is 0. The fourth-order valence-electron chi connectivity index (χ4n) is 0.474. The van der Waals surface area contributed by atoms with Crippen molar-refractivity contribution in [3.63, 3.8) is 0 Å². The molecule has 0 spiro atoms. The molecule has 1 nitrogen and oxygen atoms in total. The third-order valence-electron chi connectivity index (χ3n) is 0.893. The van der Waals surface area contributed by atoms with Gasteiger partial charge in [0.2, 0.25) is 0 Å². The van der Waals surface area contributed by atoms with Crippen molar-refractivity contribution in [3.8, 4) is 5.75 Å². The normalized spacial score (nSPS) is 9.12. The second-order valence-electron chi connectivity index (χ2n) is 1.59. The Hall–Kier alpha value is -0.162. The maximum absolute atomic E-state index is 8.77. The first-order valence-corrected chi connectivity index (χ1v) is 3.98. The van der Waals surface area contributed by atoms with Gasteiger partial charge < -0.3 is 0 Å². The van der Waals surface area contributed by atoms with E-state index in [1.54, 1.807) is 12.1 Å². The van der Waals surface area contributed by atoms with Gasteiger partial charge in [-0.05, 0) is 0 Å². The van der Waals surface area contributed by atoms with Crippen LogP contribution in [-0.2, 0) is 0 Å². The van der Waals surface area contributed by atoms with Gasteiger partial charge in [-0.1, -0.05) is 0 Å². The summed E-state index contributed by atoms with van der Waals surface area (Å²) < 4.78 is 1.30. The molecule has 0 atom stereocenters. The monoisotopic (exact) mass is 216 g/mol. The summed E-state index contributed by atoms with van der Waals surface area (Å²) in [6.45, 7) is 0. The molecule has 42 valence electrons. The van der Waals surface area contributed by atoms with Crippen molar-refractivity contribution < 1.29 is 5.11 Å². The number of hydrogen-bond donors (Lipinski definition) is 1. The third kappa shape index (κ3) is 1.41. The zero-order chi connectivity index (χ0) is 5.98. The quantitative estimate of drug-likeness (QED) is 0.589. The first kappa shape index (κ1) is 5.97. The molecule has 1 rings (SSSR count). The molecule has 1 aromatic rings. The summed E-state index contributed by atoms with van der Waals surface area (Å²) in [5, 5.41) is 8.77. The molecule has 1 aromatic carbocycles. The number of aromatic hydroxyl groups is 1. The van der Waals surface area contributed by atoms with Gasteiger partial charge in [-0.25, -0.2) is 0 Å². The molecule has 1 N–H and O–H groups in total. The molecule has 0 aliphatic heterocycles. The van der Waals surface area contributed by atoms with Crippen LogP contribution in [0.25, 0.3) is 0 Å². The van der Waals surface area contributed by atoms with Crippen LogP contribution in [0, 0.1) is 0 Å². The molecule has 8 heavy (non-hydrogen) atoms. The Morgan fingerprint density at radius 1 is 1.12 bits per heavy atom. The first-order valence-electron chi connectivity index (χ1n) is 2.33. The Kier molecular flexibility index (Phi) is 1.80. The molecule has 0 bridgehead atoms. The van der Waals surface area contributed by atoms with Gasteiger partial charge in [0.25, 0.3) is 0 Å². The van der Waals surface area contributed by atoms with Gasteiger partial charge in [0.1, 0.15) is 0 Å². The molecule has 2 heteroatoms. The SMILES string of the molecule is Oc1cc[c]([SbH2])cc1. The van der Waals surface area contributed by atoms with E-state index in [-0.39, 0.29) is 0 Å². The number of hydrogen-bond acceptors (Lipinski definition) is 1. The molecule has 0 unspecified atom stereocenters. The van der Waals surface area contributed by atoms with Crippen molar-refractivity contribution in [2.24, 2.45) is 0 Å². The van der Waals surface area contributed by atoms with Crippen molar-refractivity contribution in [2.75, 3.05) is 0 Å². The summed E-state index contributed by atoms with van der Waals surface area (Å²) in [5.74, 6) is 0.350. The first-order chi connectivity index (χ1) is 3.79. The summed E-state index contributed by atoms with van der Waals surface area (Å²) in [5.41, 5.74) is 0. The molecule has 0 aromatic heterocycles. The maximum atomic E-state index is 8.77. The van der Waals surface area contributed by atoms with Gasteiger partial charge in [-0.3, -0.25) is 0 Å². The van der Waals surface area contributed by atoms with E-state index in [0.29, 0.717) is 5.75 Å². The fraction of sp³-hybridized carbons (Fsp3) is 0. The summed E-state index contributed by atoms with van der Waals surface area (Å²) in [6.07, 6.45) is 0. The average molecular weight is 217 g/mol. The predicted octanol–water partition coefficient (Wildman–Crippen LogP) is -0.349. The zero-order valence-corrected chi connectivity index (χ0v) is 7.63. The van der Waals surface area contributed by atoms with Crippen molar-refractivity contribution in [2.45, 2.75) is 0 Å². The van der Waals surface area contributed by atoms with E-state index in [1.165, 1.54) is 3.51 Å². The second-order valence-corrected chi connectivity index (χ2v) is 3.49. The van der Waals surface area contributed by atoms with Gasteiger partial charge in [0, 0.05) is 0 Å². The molecule has 0 heterocycles. The van der Waals surface area contributed by atoms with Crippen LogP contribution in [0.3, 0.4) is 0 Å². The van der Waals surface area contributed by atoms with Crippen molar-refractivity contribution in [3.05, 3.63) is 24.3 Å². The van der Waals surface area contributed by atoms with Gasteiger partial charge in [-0.2, -0.15) is 0 Å². The van der Waals surface area contributed by atoms with Gasteiger partial charge in [0.05, 0.1) is 0 Å². The zero-order valence-electron chi connectivity index (χ0n) is 4.33. The molecule has 0 aliphatic carbocycles. The van der Waals surface area contributed by atoms with Gasteiger partial charge in [0.15, 0.2) is 0 Å². The van der Waals surface area contributed by atoms with Crippen LogP contribution in [0.5, 0.6) is 5.75 Å². The topological polar surface area (TPSA) is 20.2 Å². The Bertz CT molecular complexity index is 147. The van der Waals surface area contributed by atoms with Gasteiger partial charge in [-0.15, -0.1) is 0 Å². The molecule has 0 fully saturated rings. The van der Waals surface area contributed by atoms with E-state index >= 15 is 0 Å². The standard InChI is InChI=1S/C6H5O.Sb.2H/c7-6-4-2-1-3-5-6;;;/h2-5,7H;;;. The van der Waals surface area contributed by atoms with E-state index in [0.717, 1.165) is 23.0 Å². The summed E-state index contributed by atoms with van der Waals surface area (Å²) in [7, 11) is 0. The van der Waals surface area contributed by atoms with Crippen LogP contribution < -0.4 is 3.51 Å². The third-order valence-corrected chi connectivity index (χ3v) is 1.99. The fourth-order valence-corrected chi connectivity index (χ4v) is 1.02. The Morgan fingerprint density at radius 2 is 1.62 bits per heavy atom. The molecule has 0 saturated heterocycles. The van der Waals surface area contributed by atoms with E-state index in [4.69, 9.17) is 5.11 Å². The van der Waals surface area contributed by atoms with Crippen LogP contribution in [0.2, 0.25) is 0 Å². The van der Waals surface area contributed by atoms with Gasteiger partial charge >= 0.3 is 61.7 Å². The minimum absolute atomic E-state index is 0.350. The van der Waals surface area contributed by atoms with E-state index in [9.17, 15) is 0 Å². The van der Waals surface area contributed by atoms with E-state index < -0.39 is 0 Å². The molecule has 0 aliphatic rings. The molecule has 0 radical (unpaired) electrons. The Balaban J connectivity index is 3.03. The van der Waals surface area contributed by atoms with Crippen LogP contribution in [0.4, 0.5) is 0 Å². The van der Waals surface area contributed by atoms with Crippen LogP contribution in [0.1, 0.15) is 0 Å². The molecular formula is C6H7OSb. The summed E-state index contributed by atoms with van der Waals surface area (Å²) in [4.78, 5) is 0. The van der Waals surface area contributed by atoms with Crippen molar-refractivity contribution in [1.82, 2.24) is 0 Å². The van der Waals surface area contributed by atoms with Crippen LogP contribution in [0.15, 0.2) is 24.3 Å². The van der Waals surface area contributed by atoms with Crippen molar-refractivity contribution in [1.29, 1.82) is 0 Å².